The van der Waals surface area contributed by atoms with Crippen LogP contribution >= 0.6 is 0 Å². The Morgan fingerprint density at radius 1 is 1.22 bits per heavy atom. The minimum absolute atomic E-state index is 0.0771. The minimum atomic E-state index is -0.640. The summed E-state index contributed by atoms with van der Waals surface area (Å²) in [5, 5.41) is 12.3. The fourth-order valence-corrected chi connectivity index (χ4v) is 4.81. The maximum Gasteiger partial charge on any atom is 0.295 e. The molecule has 2 aliphatic heterocycles. The number of nitrogens with zero attached hydrogens (tertiary/aromatic N) is 1. The van der Waals surface area contributed by atoms with Gasteiger partial charge in [0.1, 0.15) is 17.6 Å². The number of aromatic nitrogens is 1. The number of carbonyl (C=O) groups is 2. The molecule has 5 rings (SSSR count). The molecular formula is C26H26N2O4. The molecule has 164 valence electrons. The topological polar surface area (TPSA) is 82.6 Å². The molecule has 2 aliphatic rings. The first-order chi connectivity index (χ1) is 15.5. The molecule has 0 saturated carbocycles. The van der Waals surface area contributed by atoms with E-state index in [-0.39, 0.29) is 17.4 Å². The fourth-order valence-electron chi connectivity index (χ4n) is 4.81. The molecule has 32 heavy (non-hydrogen) atoms. The van der Waals surface area contributed by atoms with Gasteiger partial charge in [0.2, 0.25) is 0 Å². The molecular weight excluding hydrogens is 404 g/mol. The number of H-pyrrole nitrogens is 1. The summed E-state index contributed by atoms with van der Waals surface area (Å²) in [5.74, 6) is -0.544. The van der Waals surface area contributed by atoms with Gasteiger partial charge in [0.15, 0.2) is 0 Å². The molecule has 2 N–H and O–H groups in total. The van der Waals surface area contributed by atoms with E-state index in [1.807, 2.05) is 56.4 Å². The SMILES string of the molecule is CCCCN1C(=O)C(=O)/C(=C(/O)c2ccc3c(c2)CC(C)O3)C1c1c[nH]c2ccccc12. The van der Waals surface area contributed by atoms with Crippen molar-refractivity contribution in [2.24, 2.45) is 0 Å². The highest BCUT2D eigenvalue weighted by molar-refractivity contribution is 6.46. The van der Waals surface area contributed by atoms with Crippen LogP contribution < -0.4 is 4.74 Å². The van der Waals surface area contributed by atoms with Crippen LogP contribution in [0.25, 0.3) is 16.7 Å². The summed E-state index contributed by atoms with van der Waals surface area (Å²) in [7, 11) is 0. The number of aliphatic hydroxyl groups is 1. The fraction of sp³-hybridized carbons (Fsp3) is 0.308. The summed E-state index contributed by atoms with van der Waals surface area (Å²) in [4.78, 5) is 31.0. The molecule has 0 aliphatic carbocycles. The van der Waals surface area contributed by atoms with Gasteiger partial charge in [-0.15, -0.1) is 0 Å². The van der Waals surface area contributed by atoms with Gasteiger partial charge in [0.25, 0.3) is 11.7 Å². The van der Waals surface area contributed by atoms with E-state index in [0.717, 1.165) is 47.0 Å². The van der Waals surface area contributed by atoms with Crippen molar-refractivity contribution in [1.82, 2.24) is 9.88 Å². The number of carbonyl (C=O) groups excluding carboxylic acids is 2. The summed E-state index contributed by atoms with van der Waals surface area (Å²) < 4.78 is 5.76. The van der Waals surface area contributed by atoms with Crippen LogP contribution in [0.3, 0.4) is 0 Å². The second-order valence-electron chi connectivity index (χ2n) is 8.59. The van der Waals surface area contributed by atoms with Gasteiger partial charge in [-0.25, -0.2) is 0 Å². The molecule has 2 aromatic carbocycles. The minimum Gasteiger partial charge on any atom is -0.507 e. The van der Waals surface area contributed by atoms with Gasteiger partial charge in [0.05, 0.1) is 11.6 Å². The molecule has 2 atom stereocenters. The first kappa shape index (κ1) is 20.4. The number of ketones is 1. The number of para-hydroxylation sites is 1. The molecule has 0 radical (unpaired) electrons. The average Bonchev–Trinajstić information content (AvgIpc) is 3.45. The number of likely N-dealkylation sites (tertiary alicyclic amines) is 1. The molecule has 1 fully saturated rings. The number of aromatic amines is 1. The van der Waals surface area contributed by atoms with Gasteiger partial charge < -0.3 is 19.7 Å². The molecule has 6 nitrogen and oxygen atoms in total. The Balaban J connectivity index is 1.67. The van der Waals surface area contributed by atoms with Crippen LogP contribution in [-0.4, -0.2) is 39.3 Å². The number of Topliss-reactive ketones (excluding diaryl/α,β-unsaturated/α-hetero) is 1. The van der Waals surface area contributed by atoms with Crippen molar-refractivity contribution in [3.63, 3.8) is 0 Å². The van der Waals surface area contributed by atoms with Crippen LogP contribution in [0.2, 0.25) is 0 Å². The number of amides is 1. The highest BCUT2D eigenvalue weighted by Gasteiger charge is 2.46. The maximum absolute atomic E-state index is 13.2. The number of unbranched alkanes of at least 4 members (excludes halogenated alkanes) is 1. The van der Waals surface area contributed by atoms with Crippen molar-refractivity contribution >= 4 is 28.4 Å². The van der Waals surface area contributed by atoms with Crippen LogP contribution in [0.1, 0.15) is 49.4 Å². The van der Waals surface area contributed by atoms with E-state index in [1.165, 1.54) is 0 Å². The standard InChI is InChI=1S/C26H26N2O4/c1-3-4-11-28-23(19-14-27-20-8-6-5-7-18(19)20)22(25(30)26(28)31)24(29)16-9-10-21-17(13-16)12-15(2)32-21/h5-10,13-15,23,27,29H,3-4,11-12H2,1-2H3/b24-22+. The van der Waals surface area contributed by atoms with Crippen LogP contribution in [0.4, 0.5) is 0 Å². The monoisotopic (exact) mass is 430 g/mol. The summed E-state index contributed by atoms with van der Waals surface area (Å²) in [6.07, 6.45) is 4.33. The Kier molecular flexibility index (Phi) is 5.00. The molecule has 3 aromatic rings. The third kappa shape index (κ3) is 3.18. The Morgan fingerprint density at radius 2 is 2.03 bits per heavy atom. The lowest BCUT2D eigenvalue weighted by Gasteiger charge is -2.24. The van der Waals surface area contributed by atoms with Gasteiger partial charge >= 0.3 is 0 Å². The normalized spacial score (nSPS) is 21.9. The summed E-state index contributed by atoms with van der Waals surface area (Å²) in [6, 6.07) is 12.6. The number of rotatable bonds is 5. The zero-order valence-electron chi connectivity index (χ0n) is 18.2. The Labute approximate surface area is 186 Å². The lowest BCUT2D eigenvalue weighted by molar-refractivity contribution is -0.139. The summed E-state index contributed by atoms with van der Waals surface area (Å²) in [6.45, 7) is 4.50. The molecule has 1 saturated heterocycles. The Bertz CT molecular complexity index is 1260. The number of aliphatic hydroxyl groups excluding tert-OH is 1. The largest absolute Gasteiger partial charge is 0.507 e. The predicted octanol–water partition coefficient (Wildman–Crippen LogP) is 4.71. The first-order valence-electron chi connectivity index (χ1n) is 11.1. The Morgan fingerprint density at radius 3 is 2.84 bits per heavy atom. The van der Waals surface area contributed by atoms with Crippen molar-refractivity contribution in [2.45, 2.75) is 45.3 Å². The highest BCUT2D eigenvalue weighted by Crippen LogP contribution is 2.42. The van der Waals surface area contributed by atoms with E-state index < -0.39 is 17.7 Å². The highest BCUT2D eigenvalue weighted by atomic mass is 16.5. The van der Waals surface area contributed by atoms with Crippen molar-refractivity contribution in [3.8, 4) is 5.75 Å². The molecule has 0 bridgehead atoms. The van der Waals surface area contributed by atoms with E-state index in [4.69, 9.17) is 4.74 Å². The Hall–Kier alpha value is -3.54. The van der Waals surface area contributed by atoms with Crippen molar-refractivity contribution in [3.05, 3.63) is 70.9 Å². The predicted molar refractivity (Wildman–Crippen MR) is 122 cm³/mol. The van der Waals surface area contributed by atoms with Crippen molar-refractivity contribution in [1.29, 1.82) is 0 Å². The van der Waals surface area contributed by atoms with Gasteiger partial charge in [-0.3, -0.25) is 9.59 Å². The second-order valence-corrected chi connectivity index (χ2v) is 8.59. The van der Waals surface area contributed by atoms with Gasteiger partial charge in [-0.05, 0) is 43.2 Å². The summed E-state index contributed by atoms with van der Waals surface area (Å²) in [5.41, 5.74) is 3.40. The lowest BCUT2D eigenvalue weighted by Crippen LogP contribution is -2.30. The van der Waals surface area contributed by atoms with Gasteiger partial charge in [-0.2, -0.15) is 0 Å². The lowest BCUT2D eigenvalue weighted by atomic mass is 9.94. The molecule has 6 heteroatoms. The molecule has 1 aromatic heterocycles. The van der Waals surface area contributed by atoms with Crippen molar-refractivity contribution in [2.75, 3.05) is 6.54 Å². The van der Waals surface area contributed by atoms with E-state index in [1.54, 1.807) is 11.0 Å². The van der Waals surface area contributed by atoms with Crippen LogP contribution in [0.15, 0.2) is 54.2 Å². The zero-order chi connectivity index (χ0) is 22.4. The quantitative estimate of drug-likeness (QED) is 0.349. The molecule has 0 spiro atoms. The number of hydrogen-bond acceptors (Lipinski definition) is 4. The van der Waals surface area contributed by atoms with E-state index in [2.05, 4.69) is 4.98 Å². The third-order valence-corrected chi connectivity index (χ3v) is 6.38. The van der Waals surface area contributed by atoms with Crippen LogP contribution in [0.5, 0.6) is 5.75 Å². The first-order valence-corrected chi connectivity index (χ1v) is 11.1. The molecule has 2 unspecified atom stereocenters. The number of hydrogen-bond donors (Lipinski definition) is 2. The average molecular weight is 431 g/mol. The number of fused-ring (bicyclic) bond motifs is 2. The van der Waals surface area contributed by atoms with E-state index >= 15 is 0 Å². The van der Waals surface area contributed by atoms with Gasteiger partial charge in [-0.1, -0.05) is 31.5 Å². The van der Waals surface area contributed by atoms with E-state index in [0.29, 0.717) is 12.1 Å². The smallest absolute Gasteiger partial charge is 0.295 e. The number of nitrogens with one attached hydrogen (secondary N) is 1. The number of ether oxygens (including phenoxy) is 1. The second kappa shape index (κ2) is 7.86. The molecule has 3 heterocycles. The summed E-state index contributed by atoms with van der Waals surface area (Å²) >= 11 is 0. The van der Waals surface area contributed by atoms with Crippen LogP contribution in [-0.2, 0) is 16.0 Å². The zero-order valence-corrected chi connectivity index (χ0v) is 18.2. The van der Waals surface area contributed by atoms with Crippen molar-refractivity contribution < 1.29 is 19.4 Å². The third-order valence-electron chi connectivity index (χ3n) is 6.38. The maximum atomic E-state index is 13.2. The molecule has 1 amide bonds. The van der Waals surface area contributed by atoms with Crippen LogP contribution in [0, 0.1) is 0 Å². The van der Waals surface area contributed by atoms with E-state index in [9.17, 15) is 14.7 Å². The number of benzene rings is 2. The van der Waals surface area contributed by atoms with Gasteiger partial charge in [0, 0.05) is 41.2 Å².